The predicted octanol–water partition coefficient (Wildman–Crippen LogP) is 4.01. The van der Waals surface area contributed by atoms with Gasteiger partial charge in [-0.1, -0.05) is 23.9 Å². The summed E-state index contributed by atoms with van der Waals surface area (Å²) in [5.74, 6) is 1.46. The van der Waals surface area contributed by atoms with E-state index in [1.165, 1.54) is 0 Å². The molecule has 5 nitrogen and oxygen atoms in total. The number of carbonyl (C=O) groups excluding carboxylic acids is 1. The summed E-state index contributed by atoms with van der Waals surface area (Å²) in [6, 6.07) is 13.6. The maximum Gasteiger partial charge on any atom is 0.225 e. The number of thioether (sulfide) groups is 1. The number of aryl methyl sites for hydroxylation is 2. The third kappa shape index (κ3) is 3.96. The number of anilines is 1. The fourth-order valence-corrected chi connectivity index (χ4v) is 3.53. The molecule has 25 heavy (non-hydrogen) atoms. The number of carbonyl (C=O) groups is 1. The van der Waals surface area contributed by atoms with Crippen LogP contribution in [0.4, 0.5) is 5.69 Å². The van der Waals surface area contributed by atoms with Crippen molar-refractivity contribution in [3.05, 3.63) is 48.0 Å². The number of benzene rings is 2. The van der Waals surface area contributed by atoms with Crippen molar-refractivity contribution >= 4 is 34.4 Å². The average molecular weight is 355 g/mol. The van der Waals surface area contributed by atoms with E-state index in [1.54, 1.807) is 18.9 Å². The van der Waals surface area contributed by atoms with Crippen LogP contribution in [0, 0.1) is 6.92 Å². The van der Waals surface area contributed by atoms with Crippen LogP contribution in [0.25, 0.3) is 11.0 Å². The van der Waals surface area contributed by atoms with Crippen LogP contribution in [-0.4, -0.2) is 28.3 Å². The molecule has 130 valence electrons. The van der Waals surface area contributed by atoms with Crippen molar-refractivity contribution in [2.75, 3.05) is 18.2 Å². The largest absolute Gasteiger partial charge is 0.497 e. The number of hydrogen-bond donors (Lipinski definition) is 1. The lowest BCUT2D eigenvalue weighted by atomic mass is 10.2. The van der Waals surface area contributed by atoms with Crippen molar-refractivity contribution in [1.29, 1.82) is 0 Å². The Hall–Kier alpha value is -2.47. The van der Waals surface area contributed by atoms with Gasteiger partial charge in [0.15, 0.2) is 5.16 Å². The van der Waals surface area contributed by atoms with E-state index in [2.05, 4.69) is 14.9 Å². The highest BCUT2D eigenvalue weighted by Crippen LogP contribution is 2.24. The van der Waals surface area contributed by atoms with Crippen molar-refractivity contribution in [3.8, 4) is 5.75 Å². The highest BCUT2D eigenvalue weighted by Gasteiger charge is 2.10. The van der Waals surface area contributed by atoms with E-state index in [9.17, 15) is 4.79 Å². The van der Waals surface area contributed by atoms with Gasteiger partial charge in [-0.05, 0) is 42.8 Å². The Labute approximate surface area is 151 Å². The Morgan fingerprint density at radius 2 is 2.08 bits per heavy atom. The Kier molecular flexibility index (Phi) is 5.28. The minimum atomic E-state index is -0.000434. The molecule has 0 aliphatic rings. The Balaban J connectivity index is 1.56. The van der Waals surface area contributed by atoms with Crippen LogP contribution in [0.1, 0.15) is 12.0 Å². The minimum Gasteiger partial charge on any atom is -0.497 e. The normalized spacial score (nSPS) is 10.8. The van der Waals surface area contributed by atoms with E-state index >= 15 is 0 Å². The Bertz CT molecular complexity index is 905. The number of para-hydroxylation sites is 2. The molecule has 0 radical (unpaired) electrons. The molecule has 3 rings (SSSR count). The summed E-state index contributed by atoms with van der Waals surface area (Å²) in [6.45, 7) is 1.95. The highest BCUT2D eigenvalue weighted by molar-refractivity contribution is 7.99. The molecule has 0 bridgehead atoms. The average Bonchev–Trinajstić information content (AvgIpc) is 2.93. The van der Waals surface area contributed by atoms with E-state index in [1.807, 2.05) is 56.4 Å². The number of ether oxygens (including phenoxy) is 1. The summed E-state index contributed by atoms with van der Waals surface area (Å²) >= 11 is 1.59. The summed E-state index contributed by atoms with van der Waals surface area (Å²) in [6.07, 6.45) is 0.430. The lowest BCUT2D eigenvalue weighted by Gasteiger charge is -2.09. The van der Waals surface area contributed by atoms with Crippen LogP contribution >= 0.6 is 11.8 Å². The SMILES string of the molecule is COc1ccc(NC(=O)CCSc2nc3ccccc3n2C)c(C)c1. The van der Waals surface area contributed by atoms with Crippen molar-refractivity contribution in [3.63, 3.8) is 0 Å². The molecule has 0 saturated heterocycles. The molecule has 1 amide bonds. The molecule has 0 spiro atoms. The van der Waals surface area contributed by atoms with E-state index in [-0.39, 0.29) is 5.91 Å². The number of nitrogens with zero attached hydrogens (tertiary/aromatic N) is 2. The molecule has 1 N–H and O–H groups in total. The monoisotopic (exact) mass is 355 g/mol. The number of hydrogen-bond acceptors (Lipinski definition) is 4. The van der Waals surface area contributed by atoms with Gasteiger partial charge in [-0.2, -0.15) is 0 Å². The lowest BCUT2D eigenvalue weighted by molar-refractivity contribution is -0.115. The fraction of sp³-hybridized carbons (Fsp3) is 0.263. The van der Waals surface area contributed by atoms with Crippen LogP contribution in [0.5, 0.6) is 5.75 Å². The maximum atomic E-state index is 12.2. The van der Waals surface area contributed by atoms with Crippen LogP contribution in [-0.2, 0) is 11.8 Å². The zero-order chi connectivity index (χ0) is 17.8. The maximum absolute atomic E-state index is 12.2. The van der Waals surface area contributed by atoms with E-state index in [4.69, 9.17) is 4.74 Å². The third-order valence-corrected chi connectivity index (χ3v) is 5.05. The van der Waals surface area contributed by atoms with Gasteiger partial charge in [0, 0.05) is 24.9 Å². The van der Waals surface area contributed by atoms with Gasteiger partial charge in [0.1, 0.15) is 5.75 Å². The smallest absolute Gasteiger partial charge is 0.225 e. The van der Waals surface area contributed by atoms with Gasteiger partial charge >= 0.3 is 0 Å². The first-order valence-electron chi connectivity index (χ1n) is 8.07. The molecular weight excluding hydrogens is 334 g/mol. The topological polar surface area (TPSA) is 56.1 Å². The van der Waals surface area contributed by atoms with Gasteiger partial charge < -0.3 is 14.6 Å². The number of methoxy groups -OCH3 is 1. The number of imidazole rings is 1. The molecule has 0 fully saturated rings. The summed E-state index contributed by atoms with van der Waals surface area (Å²) < 4.78 is 7.24. The summed E-state index contributed by atoms with van der Waals surface area (Å²) in [7, 11) is 3.63. The van der Waals surface area contributed by atoms with Gasteiger partial charge in [-0.25, -0.2) is 4.98 Å². The second-order valence-electron chi connectivity index (χ2n) is 5.77. The van der Waals surface area contributed by atoms with Crippen molar-refractivity contribution in [2.24, 2.45) is 7.05 Å². The number of aromatic nitrogens is 2. The van der Waals surface area contributed by atoms with E-state index in [0.29, 0.717) is 12.2 Å². The molecule has 0 aliphatic carbocycles. The standard InChI is InChI=1S/C19H21N3O2S/c1-13-12-14(24-3)8-9-15(13)20-18(23)10-11-25-19-21-16-6-4-5-7-17(16)22(19)2/h4-9,12H,10-11H2,1-3H3,(H,20,23). The van der Waals surface area contributed by atoms with E-state index < -0.39 is 0 Å². The first-order valence-corrected chi connectivity index (χ1v) is 9.06. The molecule has 0 atom stereocenters. The van der Waals surface area contributed by atoms with Gasteiger partial charge in [0.2, 0.25) is 5.91 Å². The number of amides is 1. The molecule has 0 saturated carbocycles. The summed E-state index contributed by atoms with van der Waals surface area (Å²) in [5, 5.41) is 3.88. The fourth-order valence-electron chi connectivity index (χ4n) is 2.60. The molecule has 3 aromatic rings. The van der Waals surface area contributed by atoms with Gasteiger partial charge in [0.05, 0.1) is 18.1 Å². The quantitative estimate of drug-likeness (QED) is 0.679. The summed E-state index contributed by atoms with van der Waals surface area (Å²) in [5.41, 5.74) is 3.88. The molecule has 0 aliphatic heterocycles. The molecule has 1 heterocycles. The van der Waals surface area contributed by atoms with Crippen LogP contribution in [0.15, 0.2) is 47.6 Å². The second-order valence-corrected chi connectivity index (χ2v) is 6.83. The van der Waals surface area contributed by atoms with E-state index in [0.717, 1.165) is 33.2 Å². The third-order valence-electron chi connectivity index (χ3n) is 4.01. The molecular formula is C19H21N3O2S. The Morgan fingerprint density at radius 3 is 2.80 bits per heavy atom. The highest BCUT2D eigenvalue weighted by atomic mass is 32.2. The van der Waals surface area contributed by atoms with Crippen LogP contribution < -0.4 is 10.1 Å². The number of rotatable bonds is 6. The summed E-state index contributed by atoms with van der Waals surface area (Å²) in [4.78, 5) is 16.8. The Morgan fingerprint density at radius 1 is 1.28 bits per heavy atom. The van der Waals surface area contributed by atoms with Crippen LogP contribution in [0.3, 0.4) is 0 Å². The lowest BCUT2D eigenvalue weighted by Crippen LogP contribution is -2.13. The first kappa shape index (κ1) is 17.4. The second kappa shape index (κ2) is 7.61. The van der Waals surface area contributed by atoms with Gasteiger partial charge in [-0.3, -0.25) is 4.79 Å². The predicted molar refractivity (Wildman–Crippen MR) is 102 cm³/mol. The molecule has 0 unspecified atom stereocenters. The van der Waals surface area contributed by atoms with Crippen molar-refractivity contribution < 1.29 is 9.53 Å². The zero-order valence-corrected chi connectivity index (χ0v) is 15.4. The molecule has 6 heteroatoms. The minimum absolute atomic E-state index is 0.000434. The van der Waals surface area contributed by atoms with Crippen LogP contribution in [0.2, 0.25) is 0 Å². The molecule has 1 aromatic heterocycles. The molecule has 2 aromatic carbocycles. The number of fused-ring (bicyclic) bond motifs is 1. The van der Waals surface area contributed by atoms with Crippen molar-refractivity contribution in [2.45, 2.75) is 18.5 Å². The number of nitrogens with one attached hydrogen (secondary N) is 1. The zero-order valence-electron chi connectivity index (χ0n) is 14.6. The first-order chi connectivity index (χ1) is 12.1. The van der Waals surface area contributed by atoms with Gasteiger partial charge in [0.25, 0.3) is 0 Å². The van der Waals surface area contributed by atoms with Gasteiger partial charge in [-0.15, -0.1) is 0 Å². The van der Waals surface area contributed by atoms with Crippen molar-refractivity contribution in [1.82, 2.24) is 9.55 Å².